The third-order valence-corrected chi connectivity index (χ3v) is 3.36. The van der Waals surface area contributed by atoms with Crippen LogP contribution in [0.25, 0.3) is 0 Å². The highest BCUT2D eigenvalue weighted by Gasteiger charge is 2.21. The number of benzene rings is 2. The molecule has 0 saturated carbocycles. The van der Waals surface area contributed by atoms with Crippen LogP contribution in [0.5, 0.6) is 0 Å². The summed E-state index contributed by atoms with van der Waals surface area (Å²) < 4.78 is 4.95. The molecule has 0 spiro atoms. The summed E-state index contributed by atoms with van der Waals surface area (Å²) in [5, 5.41) is 0. The summed E-state index contributed by atoms with van der Waals surface area (Å²) in [5.74, 6) is -1.33. The SMILES string of the molecule is CCOC(=O)/C(=C\CC(=O)c1ccccc1)C(=O)c1ccccc1. The van der Waals surface area contributed by atoms with E-state index in [2.05, 4.69) is 0 Å². The van der Waals surface area contributed by atoms with Crippen LogP contribution in [0.4, 0.5) is 0 Å². The average Bonchev–Trinajstić information content (AvgIpc) is 2.63. The van der Waals surface area contributed by atoms with Crippen LogP contribution in [-0.4, -0.2) is 24.1 Å². The Kier molecular flexibility index (Phi) is 6.20. The van der Waals surface area contributed by atoms with Crippen LogP contribution in [-0.2, 0) is 9.53 Å². The normalized spacial score (nSPS) is 11.0. The number of Topliss-reactive ketones (excluding diaryl/α,β-unsaturated/α-hetero) is 2. The Labute approximate surface area is 140 Å². The molecule has 0 bridgehead atoms. The molecule has 0 aliphatic carbocycles. The first-order chi connectivity index (χ1) is 11.6. The van der Waals surface area contributed by atoms with E-state index in [-0.39, 0.29) is 24.4 Å². The molecule has 0 radical (unpaired) electrons. The Morgan fingerprint density at radius 3 is 1.96 bits per heavy atom. The van der Waals surface area contributed by atoms with Crippen molar-refractivity contribution in [2.24, 2.45) is 0 Å². The van der Waals surface area contributed by atoms with Crippen LogP contribution in [0.1, 0.15) is 34.1 Å². The van der Waals surface area contributed by atoms with Crippen molar-refractivity contribution in [1.82, 2.24) is 0 Å². The largest absolute Gasteiger partial charge is 0.462 e. The molecule has 0 aliphatic rings. The minimum atomic E-state index is -0.716. The van der Waals surface area contributed by atoms with Crippen molar-refractivity contribution in [2.45, 2.75) is 13.3 Å². The van der Waals surface area contributed by atoms with Gasteiger partial charge in [-0.05, 0) is 6.92 Å². The maximum Gasteiger partial charge on any atom is 0.341 e. The monoisotopic (exact) mass is 322 g/mol. The number of rotatable bonds is 7. The Hall–Kier alpha value is -3.01. The summed E-state index contributed by atoms with van der Waals surface area (Å²) in [6.45, 7) is 1.82. The van der Waals surface area contributed by atoms with Crippen molar-refractivity contribution in [2.75, 3.05) is 6.61 Å². The van der Waals surface area contributed by atoms with Crippen molar-refractivity contribution < 1.29 is 19.1 Å². The zero-order valence-corrected chi connectivity index (χ0v) is 13.4. The number of ketones is 2. The molecule has 0 aromatic heterocycles. The van der Waals surface area contributed by atoms with Crippen LogP contribution >= 0.6 is 0 Å². The second kappa shape index (κ2) is 8.58. The summed E-state index contributed by atoms with van der Waals surface area (Å²) >= 11 is 0. The van der Waals surface area contributed by atoms with Gasteiger partial charge in [0.15, 0.2) is 11.6 Å². The predicted octanol–water partition coefficient (Wildman–Crippen LogP) is 3.63. The van der Waals surface area contributed by atoms with Crippen molar-refractivity contribution in [3.05, 3.63) is 83.4 Å². The smallest absolute Gasteiger partial charge is 0.341 e. The summed E-state index contributed by atoms with van der Waals surface area (Å²) in [6, 6.07) is 17.2. The van der Waals surface area contributed by atoms with Gasteiger partial charge in [0.2, 0.25) is 0 Å². The number of hydrogen-bond donors (Lipinski definition) is 0. The molecular weight excluding hydrogens is 304 g/mol. The van der Waals surface area contributed by atoms with Crippen LogP contribution in [0.2, 0.25) is 0 Å². The van der Waals surface area contributed by atoms with Crippen molar-refractivity contribution in [1.29, 1.82) is 0 Å². The van der Waals surface area contributed by atoms with Gasteiger partial charge in [-0.1, -0.05) is 66.7 Å². The molecule has 0 amide bonds. The van der Waals surface area contributed by atoms with Gasteiger partial charge in [-0.3, -0.25) is 9.59 Å². The molecule has 4 nitrogen and oxygen atoms in total. The van der Waals surface area contributed by atoms with Gasteiger partial charge in [0.05, 0.1) is 6.61 Å². The molecule has 0 unspecified atom stereocenters. The van der Waals surface area contributed by atoms with Crippen LogP contribution < -0.4 is 0 Å². The lowest BCUT2D eigenvalue weighted by atomic mass is 10.0. The van der Waals surface area contributed by atoms with Gasteiger partial charge in [-0.15, -0.1) is 0 Å². The molecular formula is C20H18O4. The fraction of sp³-hybridized carbons (Fsp3) is 0.150. The lowest BCUT2D eigenvalue weighted by Gasteiger charge is -2.06. The number of hydrogen-bond acceptors (Lipinski definition) is 4. The summed E-state index contributed by atoms with van der Waals surface area (Å²) in [5.41, 5.74) is 0.792. The highest BCUT2D eigenvalue weighted by Crippen LogP contribution is 2.13. The van der Waals surface area contributed by atoms with E-state index in [4.69, 9.17) is 4.74 Å². The van der Waals surface area contributed by atoms with E-state index >= 15 is 0 Å². The van der Waals surface area contributed by atoms with Crippen molar-refractivity contribution >= 4 is 17.5 Å². The molecule has 2 rings (SSSR count). The van der Waals surface area contributed by atoms with Crippen LogP contribution in [0, 0.1) is 0 Å². The molecule has 0 heterocycles. The number of carbonyl (C=O) groups excluding carboxylic acids is 3. The summed E-state index contributed by atoms with van der Waals surface area (Å²) in [4.78, 5) is 36.8. The van der Waals surface area contributed by atoms with Gasteiger partial charge in [0.25, 0.3) is 0 Å². The van der Waals surface area contributed by atoms with Gasteiger partial charge in [0.1, 0.15) is 5.57 Å². The highest BCUT2D eigenvalue weighted by molar-refractivity contribution is 6.24. The fourth-order valence-electron chi connectivity index (χ4n) is 2.16. The predicted molar refractivity (Wildman–Crippen MR) is 90.9 cm³/mol. The maximum atomic E-state index is 12.5. The summed E-state index contributed by atoms with van der Waals surface area (Å²) in [6.07, 6.45) is 1.30. The van der Waals surface area contributed by atoms with E-state index in [9.17, 15) is 14.4 Å². The van der Waals surface area contributed by atoms with Gasteiger partial charge >= 0.3 is 5.97 Å². The molecule has 24 heavy (non-hydrogen) atoms. The molecule has 0 atom stereocenters. The van der Waals surface area contributed by atoms with E-state index < -0.39 is 11.8 Å². The lowest BCUT2D eigenvalue weighted by Crippen LogP contribution is -2.17. The zero-order valence-electron chi connectivity index (χ0n) is 13.4. The Bertz CT molecular complexity index is 746. The fourth-order valence-corrected chi connectivity index (χ4v) is 2.16. The first-order valence-corrected chi connectivity index (χ1v) is 7.68. The maximum absolute atomic E-state index is 12.5. The second-order valence-corrected chi connectivity index (χ2v) is 5.03. The van der Waals surface area contributed by atoms with Gasteiger partial charge in [-0.2, -0.15) is 0 Å². The van der Waals surface area contributed by atoms with Crippen LogP contribution in [0.3, 0.4) is 0 Å². The molecule has 2 aromatic rings. The number of carbonyl (C=O) groups is 3. The molecule has 0 N–H and O–H groups in total. The second-order valence-electron chi connectivity index (χ2n) is 5.03. The van der Waals surface area contributed by atoms with E-state index in [1.807, 2.05) is 6.07 Å². The Morgan fingerprint density at radius 1 is 0.875 bits per heavy atom. The third-order valence-electron chi connectivity index (χ3n) is 3.36. The van der Waals surface area contributed by atoms with E-state index in [1.165, 1.54) is 6.08 Å². The standard InChI is InChI=1S/C20H18O4/c1-2-24-20(23)17(19(22)16-11-7-4-8-12-16)13-14-18(21)15-9-5-3-6-10-15/h3-13H,2,14H2,1H3/b17-13-. The van der Waals surface area contributed by atoms with Gasteiger partial charge < -0.3 is 4.74 Å². The van der Waals surface area contributed by atoms with Gasteiger partial charge in [0, 0.05) is 17.5 Å². The number of ether oxygens (including phenoxy) is 1. The first-order valence-electron chi connectivity index (χ1n) is 7.68. The quantitative estimate of drug-likeness (QED) is 0.257. The van der Waals surface area contributed by atoms with E-state index in [0.717, 1.165) is 0 Å². The zero-order chi connectivity index (χ0) is 17.4. The van der Waals surface area contributed by atoms with Crippen molar-refractivity contribution in [3.8, 4) is 0 Å². The Balaban J connectivity index is 2.24. The molecule has 2 aromatic carbocycles. The van der Waals surface area contributed by atoms with Crippen molar-refractivity contribution in [3.63, 3.8) is 0 Å². The van der Waals surface area contributed by atoms with Crippen LogP contribution in [0.15, 0.2) is 72.3 Å². The topological polar surface area (TPSA) is 60.4 Å². The minimum absolute atomic E-state index is 0.0449. The lowest BCUT2D eigenvalue weighted by molar-refractivity contribution is -0.138. The first kappa shape index (κ1) is 17.3. The molecule has 4 heteroatoms. The highest BCUT2D eigenvalue weighted by atomic mass is 16.5. The molecule has 0 saturated heterocycles. The number of allylic oxidation sites excluding steroid dienone is 1. The molecule has 122 valence electrons. The third kappa shape index (κ3) is 4.49. The molecule has 0 fully saturated rings. The van der Waals surface area contributed by atoms with Gasteiger partial charge in [-0.25, -0.2) is 4.79 Å². The average molecular weight is 322 g/mol. The van der Waals surface area contributed by atoms with E-state index in [1.54, 1.807) is 61.5 Å². The summed E-state index contributed by atoms with van der Waals surface area (Å²) in [7, 11) is 0. The van der Waals surface area contributed by atoms with E-state index in [0.29, 0.717) is 11.1 Å². The Morgan fingerprint density at radius 2 is 1.42 bits per heavy atom. The minimum Gasteiger partial charge on any atom is -0.462 e. The number of esters is 1. The molecule has 0 aliphatic heterocycles.